The predicted molar refractivity (Wildman–Crippen MR) is 143 cm³/mol. The summed E-state index contributed by atoms with van der Waals surface area (Å²) in [5.74, 6) is -2.22. The zero-order chi connectivity index (χ0) is 28.4. The van der Waals surface area contributed by atoms with Gasteiger partial charge in [-0.2, -0.15) is 0 Å². The van der Waals surface area contributed by atoms with E-state index in [4.69, 9.17) is 21.2 Å². The van der Waals surface area contributed by atoms with Crippen LogP contribution in [0.5, 0.6) is 0 Å². The lowest BCUT2D eigenvalue weighted by molar-refractivity contribution is -0.271. The van der Waals surface area contributed by atoms with Crippen molar-refractivity contribution >= 4 is 23.4 Å². The maximum absolute atomic E-state index is 14.0. The Morgan fingerprint density at radius 1 is 0.950 bits per heavy atom. The number of aliphatic hydroxyl groups is 4. The molecule has 11 heteroatoms. The second-order valence-electron chi connectivity index (χ2n) is 9.73. The third kappa shape index (κ3) is 5.35. The van der Waals surface area contributed by atoms with Crippen LogP contribution in [0.3, 0.4) is 0 Å². The van der Waals surface area contributed by atoms with Gasteiger partial charge in [-0.1, -0.05) is 72.3 Å². The van der Waals surface area contributed by atoms with Gasteiger partial charge in [-0.25, -0.2) is 5.48 Å². The first-order valence-electron chi connectivity index (χ1n) is 12.7. The predicted octanol–water partition coefficient (Wildman–Crippen LogP) is 1.67. The number of aliphatic hydroxyl groups excluding tert-OH is 4. The van der Waals surface area contributed by atoms with Gasteiger partial charge in [0.05, 0.1) is 25.2 Å². The van der Waals surface area contributed by atoms with E-state index in [0.29, 0.717) is 16.1 Å². The molecule has 3 aromatic rings. The van der Waals surface area contributed by atoms with Crippen molar-refractivity contribution in [1.29, 1.82) is 0 Å². The van der Waals surface area contributed by atoms with Crippen LogP contribution in [0.4, 0.5) is 0 Å². The maximum atomic E-state index is 14.0. The van der Waals surface area contributed by atoms with Gasteiger partial charge in [-0.05, 0) is 34.9 Å². The third-order valence-electron chi connectivity index (χ3n) is 7.31. The fourth-order valence-electron chi connectivity index (χ4n) is 5.39. The Morgan fingerprint density at radius 2 is 1.62 bits per heavy atom. The Kier molecular flexibility index (Phi) is 8.48. The van der Waals surface area contributed by atoms with Gasteiger partial charge in [0.1, 0.15) is 24.4 Å². The van der Waals surface area contributed by atoms with Crippen LogP contribution in [0.2, 0.25) is 5.02 Å². The Bertz CT molecular complexity index is 1340. The fraction of sp³-hybridized carbons (Fsp3) is 0.310. The summed E-state index contributed by atoms with van der Waals surface area (Å²) in [4.78, 5) is 34.5. The standard InChI is InChI=1S/C29H29ClN2O8/c30-18-12-10-17(11-13-18)23-22(27(36)31-39-15-16-6-2-1-3-7-16)19-8-4-5-9-20(19)28(37)32(23)24-26(35)25(34)21(14-33)40-29(24)38/h1-13,21-26,29,33-35,38H,14-15H2,(H,31,36)/t21-,22?,23?,24?,25-,26-,29?/m1/s1. The van der Waals surface area contributed by atoms with Crippen molar-refractivity contribution in [2.24, 2.45) is 0 Å². The second kappa shape index (κ2) is 12.0. The van der Waals surface area contributed by atoms with Crippen molar-refractivity contribution < 1.29 is 39.6 Å². The molecule has 0 aromatic heterocycles. The highest BCUT2D eigenvalue weighted by Gasteiger charge is 2.54. The topological polar surface area (TPSA) is 149 Å². The molecule has 4 unspecified atom stereocenters. The van der Waals surface area contributed by atoms with E-state index in [-0.39, 0.29) is 12.2 Å². The SMILES string of the molecule is O=C(NOCc1ccccc1)C1c2ccccc2C(=O)N(C2C(O)O[C@H](CO)[C@@H](O)[C@@H]2O)C1c1ccc(Cl)cc1. The fourth-order valence-corrected chi connectivity index (χ4v) is 5.52. The van der Waals surface area contributed by atoms with Gasteiger partial charge >= 0.3 is 0 Å². The molecular formula is C29H29ClN2O8. The molecule has 0 bridgehead atoms. The van der Waals surface area contributed by atoms with Gasteiger partial charge in [0.15, 0.2) is 6.29 Å². The van der Waals surface area contributed by atoms with Crippen molar-refractivity contribution in [3.8, 4) is 0 Å². The summed E-state index contributed by atoms with van der Waals surface area (Å²) in [5.41, 5.74) is 4.40. The Labute approximate surface area is 235 Å². The molecule has 0 spiro atoms. The highest BCUT2D eigenvalue weighted by molar-refractivity contribution is 6.30. The smallest absolute Gasteiger partial charge is 0.255 e. The van der Waals surface area contributed by atoms with Crippen molar-refractivity contribution in [1.82, 2.24) is 10.4 Å². The largest absolute Gasteiger partial charge is 0.394 e. The molecule has 210 valence electrons. The number of amides is 2. The summed E-state index contributed by atoms with van der Waals surface area (Å²) in [5, 5.41) is 42.6. The van der Waals surface area contributed by atoms with Crippen molar-refractivity contribution in [2.75, 3.05) is 6.61 Å². The molecule has 0 radical (unpaired) electrons. The number of carbonyl (C=O) groups excluding carboxylic acids is 2. The zero-order valence-electron chi connectivity index (χ0n) is 21.2. The normalized spacial score (nSPS) is 28.2. The Balaban J connectivity index is 1.57. The summed E-state index contributed by atoms with van der Waals surface area (Å²) >= 11 is 6.13. The van der Waals surface area contributed by atoms with Crippen LogP contribution in [0.25, 0.3) is 0 Å². The van der Waals surface area contributed by atoms with Crippen molar-refractivity contribution in [2.45, 2.75) is 49.2 Å². The molecule has 3 aromatic carbocycles. The van der Waals surface area contributed by atoms with E-state index < -0.39 is 61.0 Å². The lowest BCUT2D eigenvalue weighted by Crippen LogP contribution is -2.67. The molecule has 0 saturated carbocycles. The molecule has 10 nitrogen and oxygen atoms in total. The van der Waals surface area contributed by atoms with Crippen LogP contribution in [-0.4, -0.2) is 74.4 Å². The van der Waals surface area contributed by atoms with Crippen LogP contribution in [-0.2, 0) is 21.0 Å². The summed E-state index contributed by atoms with van der Waals surface area (Å²) in [7, 11) is 0. The average molecular weight is 569 g/mol. The maximum Gasteiger partial charge on any atom is 0.255 e. The van der Waals surface area contributed by atoms with E-state index in [9.17, 15) is 30.0 Å². The van der Waals surface area contributed by atoms with Gasteiger partial charge < -0.3 is 30.1 Å². The first kappa shape index (κ1) is 28.2. The minimum Gasteiger partial charge on any atom is -0.394 e. The first-order valence-corrected chi connectivity index (χ1v) is 13.1. The molecule has 40 heavy (non-hydrogen) atoms. The quantitative estimate of drug-likeness (QED) is 0.270. The number of hydroxylamine groups is 1. The van der Waals surface area contributed by atoms with Gasteiger partial charge in [0.25, 0.3) is 11.8 Å². The summed E-state index contributed by atoms with van der Waals surface area (Å²) in [6.07, 6.45) is -6.37. The average Bonchev–Trinajstić information content (AvgIpc) is 2.97. The Hall–Kier alpha value is -3.35. The van der Waals surface area contributed by atoms with Gasteiger partial charge in [0.2, 0.25) is 0 Å². The molecule has 7 atom stereocenters. The number of hydrogen-bond acceptors (Lipinski definition) is 8. The van der Waals surface area contributed by atoms with Crippen LogP contribution in [0, 0.1) is 0 Å². The van der Waals surface area contributed by atoms with Crippen LogP contribution >= 0.6 is 11.6 Å². The van der Waals surface area contributed by atoms with Gasteiger partial charge in [-0.3, -0.25) is 14.4 Å². The highest BCUT2D eigenvalue weighted by Crippen LogP contribution is 2.46. The molecule has 5 rings (SSSR count). The molecule has 0 aliphatic carbocycles. The van der Waals surface area contributed by atoms with E-state index >= 15 is 0 Å². The number of rotatable bonds is 7. The van der Waals surface area contributed by atoms with Crippen LogP contribution in [0.1, 0.15) is 39.0 Å². The molecule has 1 fully saturated rings. The number of fused-ring (bicyclic) bond motifs is 1. The molecule has 5 N–H and O–H groups in total. The molecule has 2 heterocycles. The third-order valence-corrected chi connectivity index (χ3v) is 7.56. The monoisotopic (exact) mass is 568 g/mol. The van der Waals surface area contributed by atoms with E-state index in [1.54, 1.807) is 48.5 Å². The first-order chi connectivity index (χ1) is 19.3. The van der Waals surface area contributed by atoms with Crippen LogP contribution in [0.15, 0.2) is 78.9 Å². The molecule has 1 saturated heterocycles. The molecular weight excluding hydrogens is 540 g/mol. The Morgan fingerprint density at radius 3 is 2.33 bits per heavy atom. The van der Waals surface area contributed by atoms with Gasteiger partial charge in [0, 0.05) is 10.6 Å². The van der Waals surface area contributed by atoms with Gasteiger partial charge in [-0.15, -0.1) is 0 Å². The number of benzene rings is 3. The molecule has 2 aliphatic rings. The number of halogens is 1. The summed E-state index contributed by atoms with van der Waals surface area (Å²) in [6.45, 7) is -0.568. The van der Waals surface area contributed by atoms with Crippen molar-refractivity contribution in [3.05, 3.63) is 106 Å². The molecule has 2 aliphatic heterocycles. The van der Waals surface area contributed by atoms with E-state index in [0.717, 1.165) is 5.56 Å². The second-order valence-corrected chi connectivity index (χ2v) is 10.2. The number of ether oxygens (including phenoxy) is 1. The number of hydrogen-bond donors (Lipinski definition) is 5. The van der Waals surface area contributed by atoms with Crippen molar-refractivity contribution in [3.63, 3.8) is 0 Å². The van der Waals surface area contributed by atoms with Crippen LogP contribution < -0.4 is 5.48 Å². The lowest BCUT2D eigenvalue weighted by atomic mass is 9.77. The number of nitrogens with zero attached hydrogens (tertiary/aromatic N) is 1. The minimum atomic E-state index is -1.78. The van der Waals surface area contributed by atoms with E-state index in [2.05, 4.69) is 5.48 Å². The lowest BCUT2D eigenvalue weighted by Gasteiger charge is -2.51. The highest BCUT2D eigenvalue weighted by atomic mass is 35.5. The minimum absolute atomic E-state index is 0.0951. The van der Waals surface area contributed by atoms with E-state index in [1.807, 2.05) is 30.3 Å². The summed E-state index contributed by atoms with van der Waals surface area (Å²) < 4.78 is 5.39. The van der Waals surface area contributed by atoms with E-state index in [1.165, 1.54) is 4.90 Å². The zero-order valence-corrected chi connectivity index (χ0v) is 22.0. The number of nitrogens with one attached hydrogen (secondary N) is 1. The molecule has 2 amide bonds. The summed E-state index contributed by atoms with van der Waals surface area (Å²) in [6, 6.07) is 19.7. The number of carbonyl (C=O) groups is 2.